The summed E-state index contributed by atoms with van der Waals surface area (Å²) in [6.45, 7) is 4.05. The van der Waals surface area contributed by atoms with E-state index in [2.05, 4.69) is 14.6 Å². The Hall–Kier alpha value is -1.50. The van der Waals surface area contributed by atoms with Gasteiger partial charge in [-0.2, -0.15) is 0 Å². The predicted octanol–water partition coefficient (Wildman–Crippen LogP) is 0.450. The van der Waals surface area contributed by atoms with Crippen LogP contribution in [0.1, 0.15) is 23.1 Å². The fourth-order valence-electron chi connectivity index (χ4n) is 2.39. The molecule has 0 radical (unpaired) electrons. The van der Waals surface area contributed by atoms with Crippen molar-refractivity contribution >= 4 is 5.97 Å². The highest BCUT2D eigenvalue weighted by molar-refractivity contribution is 5.87. The molecule has 0 aliphatic carbocycles. The first kappa shape index (κ1) is 14.9. The van der Waals surface area contributed by atoms with Gasteiger partial charge in [-0.05, 0) is 19.1 Å². The zero-order chi connectivity index (χ0) is 14.5. The van der Waals surface area contributed by atoms with Gasteiger partial charge in [-0.15, -0.1) is 0 Å². The molecule has 2 heterocycles. The third kappa shape index (κ3) is 3.75. The van der Waals surface area contributed by atoms with Gasteiger partial charge in [-0.1, -0.05) is 6.07 Å². The van der Waals surface area contributed by atoms with E-state index < -0.39 is 5.97 Å². The Morgan fingerprint density at radius 1 is 1.55 bits per heavy atom. The molecule has 1 aromatic heterocycles. The average Bonchev–Trinajstić information content (AvgIpc) is 2.46. The number of rotatable bonds is 4. The van der Waals surface area contributed by atoms with Gasteiger partial charge in [0.1, 0.15) is 5.69 Å². The van der Waals surface area contributed by atoms with Gasteiger partial charge in [0.2, 0.25) is 0 Å². The Morgan fingerprint density at radius 2 is 2.35 bits per heavy atom. The van der Waals surface area contributed by atoms with Crippen molar-refractivity contribution in [1.82, 2.24) is 9.88 Å². The zero-order valence-electron chi connectivity index (χ0n) is 11.8. The van der Waals surface area contributed by atoms with Gasteiger partial charge in [-0.3, -0.25) is 4.90 Å². The monoisotopic (exact) mass is 280 g/mol. The lowest BCUT2D eigenvalue weighted by atomic mass is 10.2. The van der Waals surface area contributed by atoms with Crippen LogP contribution in [0.15, 0.2) is 18.2 Å². The standard InChI is InChI=1S/C14H20N2O4/c1-10-6-16(8-12(9-17)20-10)7-11-4-3-5-13(15-11)14(18)19-2/h3-5,10,12,17H,6-9H2,1-2H3. The van der Waals surface area contributed by atoms with Gasteiger partial charge >= 0.3 is 5.97 Å². The van der Waals surface area contributed by atoms with Gasteiger partial charge in [0, 0.05) is 19.6 Å². The highest BCUT2D eigenvalue weighted by Gasteiger charge is 2.25. The molecule has 1 aliphatic rings. The van der Waals surface area contributed by atoms with Crippen molar-refractivity contribution in [3.63, 3.8) is 0 Å². The molecule has 0 amide bonds. The lowest BCUT2D eigenvalue weighted by Crippen LogP contribution is -2.47. The maximum atomic E-state index is 11.5. The molecule has 0 aromatic carbocycles. The molecule has 0 saturated carbocycles. The molecule has 1 fully saturated rings. The number of aliphatic hydroxyl groups excluding tert-OH is 1. The van der Waals surface area contributed by atoms with Gasteiger partial charge in [0.05, 0.1) is 31.6 Å². The van der Waals surface area contributed by atoms with Crippen LogP contribution in [0.2, 0.25) is 0 Å². The van der Waals surface area contributed by atoms with Crippen LogP contribution in [0.4, 0.5) is 0 Å². The summed E-state index contributed by atoms with van der Waals surface area (Å²) in [5, 5.41) is 9.21. The number of ether oxygens (including phenoxy) is 2. The Balaban J connectivity index is 2.04. The Morgan fingerprint density at radius 3 is 3.05 bits per heavy atom. The number of hydrogen-bond acceptors (Lipinski definition) is 6. The van der Waals surface area contributed by atoms with Crippen molar-refractivity contribution < 1.29 is 19.4 Å². The molecule has 6 nitrogen and oxygen atoms in total. The number of methoxy groups -OCH3 is 1. The highest BCUT2D eigenvalue weighted by atomic mass is 16.5. The molecular weight excluding hydrogens is 260 g/mol. The third-order valence-corrected chi connectivity index (χ3v) is 3.19. The Bertz CT molecular complexity index is 466. The highest BCUT2D eigenvalue weighted by Crippen LogP contribution is 2.13. The minimum atomic E-state index is -0.435. The van der Waals surface area contributed by atoms with Crippen LogP contribution in [0.25, 0.3) is 0 Å². The van der Waals surface area contributed by atoms with E-state index in [0.717, 1.165) is 12.2 Å². The number of aliphatic hydroxyl groups is 1. The molecule has 2 unspecified atom stereocenters. The summed E-state index contributed by atoms with van der Waals surface area (Å²) in [5.41, 5.74) is 1.11. The van der Waals surface area contributed by atoms with Crippen LogP contribution in [-0.4, -0.2) is 60.0 Å². The fraction of sp³-hybridized carbons (Fsp3) is 0.571. The number of carbonyl (C=O) groups is 1. The number of hydrogen-bond donors (Lipinski definition) is 1. The van der Waals surface area contributed by atoms with Gasteiger partial charge in [-0.25, -0.2) is 9.78 Å². The number of esters is 1. The Kier molecular flexibility index (Phi) is 5.05. The van der Waals surface area contributed by atoms with Crippen LogP contribution in [0.3, 0.4) is 0 Å². The third-order valence-electron chi connectivity index (χ3n) is 3.19. The minimum absolute atomic E-state index is 0.0104. The number of pyridine rings is 1. The molecular formula is C14H20N2O4. The molecule has 1 aliphatic heterocycles. The average molecular weight is 280 g/mol. The van der Waals surface area contributed by atoms with E-state index in [1.165, 1.54) is 7.11 Å². The van der Waals surface area contributed by atoms with Crippen LogP contribution < -0.4 is 0 Å². The molecule has 2 atom stereocenters. The lowest BCUT2D eigenvalue weighted by molar-refractivity contribution is -0.0974. The normalized spacial score (nSPS) is 23.6. The molecule has 0 spiro atoms. The summed E-state index contributed by atoms with van der Waals surface area (Å²) in [4.78, 5) is 17.9. The van der Waals surface area contributed by atoms with Crippen molar-refractivity contribution in [3.8, 4) is 0 Å². The quantitative estimate of drug-likeness (QED) is 0.807. The summed E-state index contributed by atoms with van der Waals surface area (Å²) in [6, 6.07) is 5.30. The molecule has 20 heavy (non-hydrogen) atoms. The van der Waals surface area contributed by atoms with E-state index >= 15 is 0 Å². The maximum Gasteiger partial charge on any atom is 0.356 e. The zero-order valence-corrected chi connectivity index (χ0v) is 11.8. The largest absolute Gasteiger partial charge is 0.464 e. The van der Waals surface area contributed by atoms with E-state index in [9.17, 15) is 9.90 Å². The van der Waals surface area contributed by atoms with Crippen molar-refractivity contribution in [2.45, 2.75) is 25.7 Å². The summed E-state index contributed by atoms with van der Waals surface area (Å²) in [5.74, 6) is -0.435. The van der Waals surface area contributed by atoms with E-state index in [1.807, 2.05) is 13.0 Å². The molecule has 1 N–H and O–H groups in total. The van der Waals surface area contributed by atoms with Gasteiger partial charge in [0.25, 0.3) is 0 Å². The minimum Gasteiger partial charge on any atom is -0.464 e. The second-order valence-electron chi connectivity index (χ2n) is 4.95. The van der Waals surface area contributed by atoms with Crippen molar-refractivity contribution in [2.24, 2.45) is 0 Å². The number of carbonyl (C=O) groups excluding carboxylic acids is 1. The van der Waals surface area contributed by atoms with Crippen LogP contribution in [0, 0.1) is 0 Å². The topological polar surface area (TPSA) is 71.9 Å². The number of morpholine rings is 1. The SMILES string of the molecule is COC(=O)c1cccc(CN2CC(C)OC(CO)C2)n1. The summed E-state index contributed by atoms with van der Waals surface area (Å²) in [6.07, 6.45) is -0.0905. The molecule has 2 rings (SSSR count). The van der Waals surface area contributed by atoms with Gasteiger partial charge in [0.15, 0.2) is 0 Å². The Labute approximate surface area is 118 Å². The van der Waals surface area contributed by atoms with E-state index in [0.29, 0.717) is 18.8 Å². The van der Waals surface area contributed by atoms with Crippen molar-refractivity contribution in [3.05, 3.63) is 29.6 Å². The second kappa shape index (κ2) is 6.78. The maximum absolute atomic E-state index is 11.5. The van der Waals surface area contributed by atoms with E-state index in [4.69, 9.17) is 4.74 Å². The summed E-state index contributed by atoms with van der Waals surface area (Å²) >= 11 is 0. The van der Waals surface area contributed by atoms with Crippen LogP contribution in [-0.2, 0) is 16.0 Å². The second-order valence-corrected chi connectivity index (χ2v) is 4.95. The van der Waals surface area contributed by atoms with Crippen molar-refractivity contribution in [1.29, 1.82) is 0 Å². The summed E-state index contributed by atoms with van der Waals surface area (Å²) in [7, 11) is 1.34. The van der Waals surface area contributed by atoms with E-state index in [1.54, 1.807) is 12.1 Å². The smallest absolute Gasteiger partial charge is 0.356 e. The lowest BCUT2D eigenvalue weighted by Gasteiger charge is -2.35. The van der Waals surface area contributed by atoms with Crippen LogP contribution in [0.5, 0.6) is 0 Å². The predicted molar refractivity (Wildman–Crippen MR) is 72.3 cm³/mol. The first-order valence-corrected chi connectivity index (χ1v) is 6.65. The van der Waals surface area contributed by atoms with Crippen molar-refractivity contribution in [2.75, 3.05) is 26.8 Å². The first-order valence-electron chi connectivity index (χ1n) is 6.65. The molecule has 1 saturated heterocycles. The molecule has 110 valence electrons. The molecule has 1 aromatic rings. The van der Waals surface area contributed by atoms with Gasteiger partial charge < -0.3 is 14.6 Å². The number of aromatic nitrogens is 1. The number of nitrogens with zero attached hydrogens (tertiary/aromatic N) is 2. The summed E-state index contributed by atoms with van der Waals surface area (Å²) < 4.78 is 10.3. The van der Waals surface area contributed by atoms with E-state index in [-0.39, 0.29) is 18.8 Å². The first-order chi connectivity index (χ1) is 9.62. The molecule has 6 heteroatoms. The molecule has 0 bridgehead atoms. The fourth-order valence-corrected chi connectivity index (χ4v) is 2.39. The van der Waals surface area contributed by atoms with Crippen LogP contribution >= 0.6 is 0 Å².